The summed E-state index contributed by atoms with van der Waals surface area (Å²) in [6.45, 7) is 3.08. The SMILES string of the molecule is CCNC(=NCCNS(=O)(=O)c1ccccc1)NCCc1nc(C(F)(F)F)cs1.I. The Kier molecular flexibility index (Phi) is 11.0. The minimum absolute atomic E-state index is 0. The summed E-state index contributed by atoms with van der Waals surface area (Å²) in [6.07, 6.45) is -4.13. The van der Waals surface area contributed by atoms with Crippen LogP contribution in [0.4, 0.5) is 13.2 Å². The number of nitrogens with one attached hydrogen (secondary N) is 3. The van der Waals surface area contributed by atoms with E-state index in [1.165, 1.54) is 12.1 Å². The van der Waals surface area contributed by atoms with Crippen LogP contribution >= 0.6 is 35.3 Å². The van der Waals surface area contributed by atoms with Gasteiger partial charge in [0, 0.05) is 31.4 Å². The van der Waals surface area contributed by atoms with Crippen molar-refractivity contribution in [1.82, 2.24) is 20.3 Å². The van der Waals surface area contributed by atoms with Crippen LogP contribution in [0.15, 0.2) is 45.6 Å². The predicted octanol–water partition coefficient (Wildman–Crippen LogP) is 2.86. The first-order chi connectivity index (χ1) is 13.7. The van der Waals surface area contributed by atoms with E-state index in [0.717, 1.165) is 16.7 Å². The first-order valence-electron chi connectivity index (χ1n) is 8.81. The lowest BCUT2D eigenvalue weighted by Crippen LogP contribution is -2.39. The Morgan fingerprint density at radius 1 is 1.17 bits per heavy atom. The van der Waals surface area contributed by atoms with Gasteiger partial charge in [0.15, 0.2) is 11.7 Å². The van der Waals surface area contributed by atoms with Gasteiger partial charge in [-0.2, -0.15) is 13.2 Å². The van der Waals surface area contributed by atoms with Gasteiger partial charge in [-0.05, 0) is 19.1 Å². The molecular weight excluding hydrogens is 554 g/mol. The Morgan fingerprint density at radius 2 is 1.87 bits per heavy atom. The molecule has 1 aromatic carbocycles. The molecule has 0 radical (unpaired) electrons. The van der Waals surface area contributed by atoms with Crippen molar-refractivity contribution in [3.05, 3.63) is 46.4 Å². The van der Waals surface area contributed by atoms with Crippen molar-refractivity contribution >= 4 is 51.3 Å². The summed E-state index contributed by atoms with van der Waals surface area (Å²) < 4.78 is 64.4. The molecule has 0 aliphatic heterocycles. The van der Waals surface area contributed by atoms with Crippen molar-refractivity contribution in [3.8, 4) is 0 Å². The second kappa shape index (κ2) is 12.4. The number of nitrogens with zero attached hydrogens (tertiary/aromatic N) is 2. The van der Waals surface area contributed by atoms with Gasteiger partial charge in [-0.25, -0.2) is 18.1 Å². The van der Waals surface area contributed by atoms with Crippen molar-refractivity contribution in [3.63, 3.8) is 0 Å². The molecule has 0 unspecified atom stereocenters. The summed E-state index contributed by atoms with van der Waals surface area (Å²) in [5.74, 6) is 0.444. The van der Waals surface area contributed by atoms with Crippen LogP contribution < -0.4 is 15.4 Å². The summed E-state index contributed by atoms with van der Waals surface area (Å²) in [4.78, 5) is 8.01. The van der Waals surface area contributed by atoms with Gasteiger partial charge < -0.3 is 10.6 Å². The molecule has 0 atom stereocenters. The van der Waals surface area contributed by atoms with Crippen molar-refractivity contribution in [1.29, 1.82) is 0 Å². The van der Waals surface area contributed by atoms with Gasteiger partial charge in [0.05, 0.1) is 16.4 Å². The maximum Gasteiger partial charge on any atom is 0.434 e. The molecule has 1 aromatic heterocycles. The van der Waals surface area contributed by atoms with E-state index in [0.29, 0.717) is 30.5 Å². The number of hydrogen-bond acceptors (Lipinski definition) is 5. The number of halogens is 4. The van der Waals surface area contributed by atoms with Gasteiger partial charge in [-0.3, -0.25) is 4.99 Å². The second-order valence-corrected chi connectivity index (χ2v) is 8.48. The fraction of sp³-hybridized carbons (Fsp3) is 0.412. The van der Waals surface area contributed by atoms with Crippen LogP contribution in [0.25, 0.3) is 0 Å². The van der Waals surface area contributed by atoms with E-state index >= 15 is 0 Å². The zero-order valence-corrected chi connectivity index (χ0v) is 20.0. The van der Waals surface area contributed by atoms with Crippen molar-refractivity contribution in [2.75, 3.05) is 26.2 Å². The molecule has 0 saturated carbocycles. The average Bonchev–Trinajstić information content (AvgIpc) is 3.15. The molecular formula is C17H23F3IN5O2S2. The molecule has 1 heterocycles. The molecule has 0 aliphatic rings. The monoisotopic (exact) mass is 577 g/mol. The highest BCUT2D eigenvalue weighted by atomic mass is 127. The fourth-order valence-electron chi connectivity index (χ4n) is 2.22. The highest BCUT2D eigenvalue weighted by Crippen LogP contribution is 2.29. The number of sulfonamides is 1. The molecule has 0 amide bonds. The number of benzene rings is 1. The Hall–Kier alpha value is -1.45. The van der Waals surface area contributed by atoms with E-state index in [2.05, 4.69) is 25.3 Å². The van der Waals surface area contributed by atoms with Gasteiger partial charge in [-0.1, -0.05) is 18.2 Å². The molecule has 0 fully saturated rings. The normalized spacial score (nSPS) is 12.3. The maximum absolute atomic E-state index is 12.6. The van der Waals surface area contributed by atoms with Crippen LogP contribution in [-0.2, 0) is 22.6 Å². The van der Waals surface area contributed by atoms with Gasteiger partial charge >= 0.3 is 6.18 Å². The number of rotatable bonds is 9. The first kappa shape index (κ1) is 26.6. The summed E-state index contributed by atoms with van der Waals surface area (Å²) in [6, 6.07) is 8.01. The second-order valence-electron chi connectivity index (χ2n) is 5.77. The molecule has 2 aromatic rings. The highest BCUT2D eigenvalue weighted by Gasteiger charge is 2.33. The summed E-state index contributed by atoms with van der Waals surface area (Å²) in [5.41, 5.74) is -0.885. The van der Waals surface area contributed by atoms with Crippen LogP contribution in [0.1, 0.15) is 17.6 Å². The Balaban J connectivity index is 0.00000450. The minimum Gasteiger partial charge on any atom is -0.357 e. The van der Waals surface area contributed by atoms with Crippen molar-refractivity contribution < 1.29 is 21.6 Å². The maximum atomic E-state index is 12.6. The molecule has 2 rings (SSSR count). The predicted molar refractivity (Wildman–Crippen MR) is 122 cm³/mol. The van der Waals surface area contributed by atoms with E-state index in [-0.39, 0.29) is 42.0 Å². The molecule has 3 N–H and O–H groups in total. The summed E-state index contributed by atoms with van der Waals surface area (Å²) >= 11 is 0.955. The third-order valence-corrected chi connectivity index (χ3v) is 5.93. The zero-order valence-electron chi connectivity index (χ0n) is 16.1. The lowest BCUT2D eigenvalue weighted by atomic mass is 10.4. The van der Waals surface area contributed by atoms with Crippen LogP contribution in [0, 0.1) is 0 Å². The zero-order chi connectivity index (χ0) is 21.3. The van der Waals surface area contributed by atoms with Gasteiger partial charge in [0.2, 0.25) is 10.0 Å². The molecule has 168 valence electrons. The summed E-state index contributed by atoms with van der Waals surface area (Å²) in [7, 11) is -3.59. The number of aliphatic imine (C=N–C) groups is 1. The number of aromatic nitrogens is 1. The Labute approximate surface area is 194 Å². The van der Waals surface area contributed by atoms with Crippen LogP contribution in [0.3, 0.4) is 0 Å². The van der Waals surface area contributed by atoms with E-state index in [1.807, 2.05) is 6.92 Å². The quantitative estimate of drug-likeness (QED) is 0.185. The van der Waals surface area contributed by atoms with Gasteiger partial charge in [-0.15, -0.1) is 35.3 Å². The first-order valence-corrected chi connectivity index (χ1v) is 11.2. The summed E-state index contributed by atoms with van der Waals surface area (Å²) in [5, 5.41) is 7.35. The average molecular weight is 577 g/mol. The molecule has 7 nitrogen and oxygen atoms in total. The third-order valence-electron chi connectivity index (χ3n) is 3.55. The van der Waals surface area contributed by atoms with Crippen LogP contribution in [-0.4, -0.2) is 45.5 Å². The van der Waals surface area contributed by atoms with E-state index in [9.17, 15) is 21.6 Å². The standard InChI is InChI=1S/C17H22F3N5O2S2.HI/c1-2-21-16(22-9-8-15-25-14(12-28-15)17(18,19)20)23-10-11-24-29(26,27)13-6-4-3-5-7-13;/h3-7,12,24H,2,8-11H2,1H3,(H2,21,22,23);1H. The molecule has 0 saturated heterocycles. The lowest BCUT2D eigenvalue weighted by molar-refractivity contribution is -0.140. The lowest BCUT2D eigenvalue weighted by Gasteiger charge is -2.11. The molecule has 0 bridgehead atoms. The van der Waals surface area contributed by atoms with Gasteiger partial charge in [0.1, 0.15) is 0 Å². The minimum atomic E-state index is -4.44. The number of alkyl halides is 3. The van der Waals surface area contributed by atoms with E-state index < -0.39 is 21.9 Å². The fourth-order valence-corrected chi connectivity index (χ4v) is 4.06. The third kappa shape index (κ3) is 8.73. The van der Waals surface area contributed by atoms with E-state index in [1.54, 1.807) is 18.2 Å². The smallest absolute Gasteiger partial charge is 0.357 e. The van der Waals surface area contributed by atoms with Gasteiger partial charge in [0.25, 0.3) is 0 Å². The number of hydrogen-bond donors (Lipinski definition) is 3. The Bertz CT molecular complexity index is 906. The van der Waals surface area contributed by atoms with Crippen molar-refractivity contribution in [2.24, 2.45) is 4.99 Å². The van der Waals surface area contributed by atoms with E-state index in [4.69, 9.17) is 0 Å². The highest BCUT2D eigenvalue weighted by molar-refractivity contribution is 14.0. The topological polar surface area (TPSA) is 95.5 Å². The van der Waals surface area contributed by atoms with Crippen LogP contribution in [0.2, 0.25) is 0 Å². The largest absolute Gasteiger partial charge is 0.434 e. The molecule has 13 heteroatoms. The van der Waals surface area contributed by atoms with Crippen LogP contribution in [0.5, 0.6) is 0 Å². The molecule has 0 aliphatic carbocycles. The molecule has 0 spiro atoms. The Morgan fingerprint density at radius 3 is 2.47 bits per heavy atom. The number of thiazole rings is 1. The number of guanidine groups is 1. The molecule has 30 heavy (non-hydrogen) atoms. The van der Waals surface area contributed by atoms with Crippen molar-refractivity contribution in [2.45, 2.75) is 24.4 Å².